The molecule has 22 heavy (non-hydrogen) atoms. The lowest BCUT2D eigenvalue weighted by Crippen LogP contribution is -2.38. The van der Waals surface area contributed by atoms with Crippen LogP contribution >= 0.6 is 0 Å². The molecule has 0 spiro atoms. The molecule has 1 fully saturated rings. The lowest BCUT2D eigenvalue weighted by Gasteiger charge is -2.35. The van der Waals surface area contributed by atoms with Gasteiger partial charge >= 0.3 is 5.97 Å². The monoisotopic (exact) mass is 305 g/mol. The zero-order valence-corrected chi connectivity index (χ0v) is 13.9. The molecule has 3 rings (SSSR count). The van der Waals surface area contributed by atoms with E-state index in [1.165, 1.54) is 12.9 Å². The molecule has 0 saturated carbocycles. The Bertz CT molecular complexity index is 530. The molecule has 2 aliphatic rings. The summed E-state index contributed by atoms with van der Waals surface area (Å²) >= 11 is 0. The summed E-state index contributed by atoms with van der Waals surface area (Å²) in [5.74, 6) is 1.46. The number of nitrogens with zero attached hydrogens (tertiary/aromatic N) is 3. The number of hydrogen-bond donors (Lipinski definition) is 0. The van der Waals surface area contributed by atoms with Gasteiger partial charge in [0, 0.05) is 24.7 Å². The molecule has 1 aromatic heterocycles. The Balaban J connectivity index is 1.77. The van der Waals surface area contributed by atoms with Crippen LogP contribution in [0.5, 0.6) is 0 Å². The molecular formula is C17H27N3O2. The van der Waals surface area contributed by atoms with Crippen LogP contribution in [0.4, 0.5) is 0 Å². The van der Waals surface area contributed by atoms with Crippen molar-refractivity contribution in [2.75, 3.05) is 20.2 Å². The van der Waals surface area contributed by atoms with Crippen molar-refractivity contribution in [3.05, 3.63) is 17.7 Å². The number of piperidine rings is 1. The first kappa shape index (κ1) is 15.5. The van der Waals surface area contributed by atoms with Crippen LogP contribution in [-0.4, -0.2) is 46.7 Å². The van der Waals surface area contributed by atoms with Crippen LogP contribution < -0.4 is 0 Å². The first-order valence-electron chi connectivity index (χ1n) is 8.49. The summed E-state index contributed by atoms with van der Waals surface area (Å²) in [5, 5.41) is 0. The van der Waals surface area contributed by atoms with Gasteiger partial charge in [-0.15, -0.1) is 0 Å². The maximum absolute atomic E-state index is 12.0. The van der Waals surface area contributed by atoms with Gasteiger partial charge in [0.25, 0.3) is 0 Å². The lowest BCUT2D eigenvalue weighted by molar-refractivity contribution is -0.143. The second kappa shape index (κ2) is 6.41. The van der Waals surface area contributed by atoms with Crippen LogP contribution in [0.25, 0.3) is 0 Å². The molecule has 0 aliphatic carbocycles. The summed E-state index contributed by atoms with van der Waals surface area (Å²) in [6, 6.07) is 0.624. The molecule has 1 unspecified atom stereocenters. The highest BCUT2D eigenvalue weighted by molar-refractivity contribution is 5.77. The van der Waals surface area contributed by atoms with Crippen molar-refractivity contribution in [3.63, 3.8) is 0 Å². The highest BCUT2D eigenvalue weighted by atomic mass is 16.5. The van der Waals surface area contributed by atoms with Crippen molar-refractivity contribution >= 4 is 5.97 Å². The molecule has 1 aromatic rings. The van der Waals surface area contributed by atoms with Gasteiger partial charge in [0.1, 0.15) is 5.82 Å². The maximum Gasteiger partial charge on any atom is 0.314 e. The number of aromatic nitrogens is 2. The highest BCUT2D eigenvalue weighted by Gasteiger charge is 2.32. The van der Waals surface area contributed by atoms with Crippen molar-refractivity contribution in [1.82, 2.24) is 14.5 Å². The van der Waals surface area contributed by atoms with E-state index in [9.17, 15) is 4.79 Å². The summed E-state index contributed by atoms with van der Waals surface area (Å²) < 4.78 is 7.25. The van der Waals surface area contributed by atoms with Gasteiger partial charge in [-0.2, -0.15) is 0 Å². The Morgan fingerprint density at radius 3 is 2.64 bits per heavy atom. The third-order valence-electron chi connectivity index (χ3n) is 5.26. The summed E-state index contributed by atoms with van der Waals surface area (Å²) in [5.41, 5.74) is 1.05. The van der Waals surface area contributed by atoms with E-state index in [0.29, 0.717) is 12.0 Å². The Hall–Kier alpha value is -1.36. The lowest BCUT2D eigenvalue weighted by atomic mass is 9.93. The molecule has 1 saturated heterocycles. The molecule has 5 nitrogen and oxygen atoms in total. The maximum atomic E-state index is 12.0. The largest absolute Gasteiger partial charge is 0.469 e. The van der Waals surface area contributed by atoms with Gasteiger partial charge in [-0.05, 0) is 52.6 Å². The normalized spacial score (nSPS) is 23.5. The average Bonchev–Trinajstić information content (AvgIpc) is 2.98. The van der Waals surface area contributed by atoms with Gasteiger partial charge in [0.05, 0.1) is 18.7 Å². The number of likely N-dealkylation sites (tertiary alicyclic amines) is 1. The molecule has 3 heterocycles. The summed E-state index contributed by atoms with van der Waals surface area (Å²) in [6.07, 6.45) is 6.14. The predicted octanol–water partition coefficient (Wildman–Crippen LogP) is 2.52. The topological polar surface area (TPSA) is 47.4 Å². The predicted molar refractivity (Wildman–Crippen MR) is 84.9 cm³/mol. The number of hydrogen-bond acceptors (Lipinski definition) is 4. The van der Waals surface area contributed by atoms with E-state index in [4.69, 9.17) is 9.72 Å². The van der Waals surface area contributed by atoms with Crippen LogP contribution in [-0.2, 0) is 16.1 Å². The summed E-state index contributed by atoms with van der Waals surface area (Å²) in [7, 11) is 1.47. The van der Waals surface area contributed by atoms with Crippen LogP contribution in [0.2, 0.25) is 0 Å². The van der Waals surface area contributed by atoms with E-state index in [-0.39, 0.29) is 11.9 Å². The van der Waals surface area contributed by atoms with Crippen molar-refractivity contribution in [1.29, 1.82) is 0 Å². The van der Waals surface area contributed by atoms with E-state index < -0.39 is 0 Å². The third-order valence-corrected chi connectivity index (χ3v) is 5.26. The fourth-order valence-corrected chi connectivity index (χ4v) is 3.91. The van der Waals surface area contributed by atoms with Crippen LogP contribution in [0.15, 0.2) is 6.20 Å². The molecule has 0 N–H and O–H groups in total. The summed E-state index contributed by atoms with van der Waals surface area (Å²) in [6.45, 7) is 7.80. The molecule has 5 heteroatoms. The van der Waals surface area contributed by atoms with Crippen LogP contribution in [0.1, 0.15) is 62.9 Å². The fraction of sp³-hybridized carbons (Fsp3) is 0.765. The number of carbonyl (C=O) groups is 1. The Morgan fingerprint density at radius 1 is 1.27 bits per heavy atom. The molecule has 122 valence electrons. The minimum Gasteiger partial charge on any atom is -0.469 e. The van der Waals surface area contributed by atoms with Gasteiger partial charge in [-0.25, -0.2) is 4.98 Å². The van der Waals surface area contributed by atoms with Gasteiger partial charge in [-0.1, -0.05) is 0 Å². The number of rotatable bonds is 3. The van der Waals surface area contributed by atoms with E-state index in [1.807, 2.05) is 6.20 Å². The SMILES string of the molecule is COC(=O)C1CCCn2c1cnc2C1CCN(C(C)C)CC1. The second-order valence-corrected chi connectivity index (χ2v) is 6.81. The number of esters is 1. The molecule has 1 atom stereocenters. The van der Waals surface area contributed by atoms with Gasteiger partial charge in [0.15, 0.2) is 0 Å². The zero-order chi connectivity index (χ0) is 15.7. The molecule has 2 aliphatic heterocycles. The first-order chi connectivity index (χ1) is 10.6. The van der Waals surface area contributed by atoms with Crippen molar-refractivity contribution in [3.8, 4) is 0 Å². The van der Waals surface area contributed by atoms with E-state index in [2.05, 4.69) is 23.3 Å². The Morgan fingerprint density at radius 2 is 2.00 bits per heavy atom. The number of imidazole rings is 1. The van der Waals surface area contributed by atoms with Crippen molar-refractivity contribution < 1.29 is 9.53 Å². The summed E-state index contributed by atoms with van der Waals surface area (Å²) in [4.78, 5) is 19.2. The zero-order valence-electron chi connectivity index (χ0n) is 13.9. The van der Waals surface area contributed by atoms with E-state index in [1.54, 1.807) is 0 Å². The van der Waals surface area contributed by atoms with Crippen molar-refractivity contribution in [2.45, 2.75) is 64.0 Å². The average molecular weight is 305 g/mol. The van der Waals surface area contributed by atoms with Gasteiger partial charge < -0.3 is 14.2 Å². The Labute approximate surface area is 132 Å². The third kappa shape index (κ3) is 2.78. The molecular weight excluding hydrogens is 278 g/mol. The second-order valence-electron chi connectivity index (χ2n) is 6.81. The smallest absolute Gasteiger partial charge is 0.314 e. The standard InChI is InChI=1S/C17H27N3O2/c1-12(2)19-9-6-13(7-10-19)16-18-11-15-14(17(21)22-3)5-4-8-20(15)16/h11-14H,4-10H2,1-3H3. The quantitative estimate of drug-likeness (QED) is 0.805. The Kier molecular flexibility index (Phi) is 4.52. The van der Waals surface area contributed by atoms with Gasteiger partial charge in [-0.3, -0.25) is 4.79 Å². The first-order valence-corrected chi connectivity index (χ1v) is 8.49. The fourth-order valence-electron chi connectivity index (χ4n) is 3.91. The number of fused-ring (bicyclic) bond motifs is 1. The van der Waals surface area contributed by atoms with Crippen molar-refractivity contribution in [2.24, 2.45) is 0 Å². The molecule has 0 aromatic carbocycles. The van der Waals surface area contributed by atoms with Crippen LogP contribution in [0.3, 0.4) is 0 Å². The van der Waals surface area contributed by atoms with Gasteiger partial charge in [0.2, 0.25) is 0 Å². The minimum atomic E-state index is -0.129. The highest BCUT2D eigenvalue weighted by Crippen LogP contribution is 2.34. The number of carbonyl (C=O) groups excluding carboxylic acids is 1. The number of ether oxygens (including phenoxy) is 1. The molecule has 0 amide bonds. The van der Waals surface area contributed by atoms with Crippen LogP contribution in [0, 0.1) is 0 Å². The molecule has 0 bridgehead atoms. The van der Waals surface area contributed by atoms with E-state index in [0.717, 1.165) is 51.0 Å². The van der Waals surface area contributed by atoms with E-state index >= 15 is 0 Å². The number of methoxy groups -OCH3 is 1. The minimum absolute atomic E-state index is 0.123. The molecule has 0 radical (unpaired) electrons.